The molecule has 1 fully saturated rings. The van der Waals surface area contributed by atoms with Gasteiger partial charge in [0.2, 0.25) is 5.91 Å². The molecule has 0 N–H and O–H groups in total. The molecule has 3 rings (SSSR count). The lowest BCUT2D eigenvalue weighted by atomic mass is 10.2. The van der Waals surface area contributed by atoms with Gasteiger partial charge in [0, 0.05) is 26.3 Å². The highest BCUT2D eigenvalue weighted by Crippen LogP contribution is 2.10. The number of hydrogen-bond acceptors (Lipinski definition) is 5. The number of amides is 1. The summed E-state index contributed by atoms with van der Waals surface area (Å²) in [4.78, 5) is 16.2. The van der Waals surface area contributed by atoms with E-state index in [4.69, 9.17) is 9.15 Å². The van der Waals surface area contributed by atoms with Gasteiger partial charge in [0.05, 0.1) is 44.8 Å². The Hall–Kier alpha value is -2.12. The van der Waals surface area contributed by atoms with E-state index in [0.717, 1.165) is 24.4 Å². The summed E-state index contributed by atoms with van der Waals surface area (Å²) in [5.74, 6) is 0.877. The summed E-state index contributed by atoms with van der Waals surface area (Å²) in [6.45, 7) is 5.77. The van der Waals surface area contributed by atoms with Crippen LogP contribution < -0.4 is 0 Å². The largest absolute Gasteiger partial charge is 0.467 e. The van der Waals surface area contributed by atoms with Crippen LogP contribution >= 0.6 is 0 Å². The molecule has 0 spiro atoms. The third kappa shape index (κ3) is 4.46. The van der Waals surface area contributed by atoms with E-state index < -0.39 is 0 Å². The molecule has 0 radical (unpaired) electrons. The standard InChI is InChI=1S/C17H24N4O3/c1-14-8-18-21(9-14)12-16-11-20(5-7-24-16)13-17(22)19(2)10-15-4-3-6-23-15/h3-4,6,8-9,16H,5,7,10-13H2,1-2H3/t16-/m0/s1. The summed E-state index contributed by atoms with van der Waals surface area (Å²) >= 11 is 0. The van der Waals surface area contributed by atoms with Crippen molar-refractivity contribution in [3.05, 3.63) is 42.1 Å². The van der Waals surface area contributed by atoms with Gasteiger partial charge in [0.15, 0.2) is 0 Å². The Morgan fingerprint density at radius 3 is 3.08 bits per heavy atom. The fourth-order valence-corrected chi connectivity index (χ4v) is 2.85. The van der Waals surface area contributed by atoms with Gasteiger partial charge in [-0.15, -0.1) is 0 Å². The Kier molecular flexibility index (Phi) is 5.32. The van der Waals surface area contributed by atoms with Crippen molar-refractivity contribution in [2.75, 3.05) is 33.3 Å². The molecule has 1 amide bonds. The molecule has 1 atom stereocenters. The normalized spacial score (nSPS) is 18.7. The molecule has 1 aliphatic rings. The van der Waals surface area contributed by atoms with Gasteiger partial charge in [-0.05, 0) is 24.6 Å². The second-order valence-electron chi connectivity index (χ2n) is 6.30. The molecule has 3 heterocycles. The summed E-state index contributed by atoms with van der Waals surface area (Å²) in [6, 6.07) is 3.71. The van der Waals surface area contributed by atoms with Crippen LogP contribution in [0.15, 0.2) is 35.2 Å². The van der Waals surface area contributed by atoms with E-state index in [-0.39, 0.29) is 12.0 Å². The number of likely N-dealkylation sites (N-methyl/N-ethyl adjacent to an activating group) is 1. The van der Waals surface area contributed by atoms with Crippen LogP contribution in [0.3, 0.4) is 0 Å². The number of hydrogen-bond donors (Lipinski definition) is 0. The summed E-state index contributed by atoms with van der Waals surface area (Å²) in [5.41, 5.74) is 1.14. The smallest absolute Gasteiger partial charge is 0.236 e. The van der Waals surface area contributed by atoms with Crippen LogP contribution in [0.25, 0.3) is 0 Å². The van der Waals surface area contributed by atoms with Gasteiger partial charge in [-0.2, -0.15) is 5.10 Å². The van der Waals surface area contributed by atoms with Crippen LogP contribution in [0.1, 0.15) is 11.3 Å². The van der Waals surface area contributed by atoms with Crippen molar-refractivity contribution >= 4 is 5.91 Å². The van der Waals surface area contributed by atoms with Crippen molar-refractivity contribution < 1.29 is 13.9 Å². The van der Waals surface area contributed by atoms with E-state index in [2.05, 4.69) is 10.00 Å². The van der Waals surface area contributed by atoms with Crippen molar-refractivity contribution in [3.63, 3.8) is 0 Å². The van der Waals surface area contributed by atoms with Crippen molar-refractivity contribution in [1.82, 2.24) is 19.6 Å². The van der Waals surface area contributed by atoms with E-state index in [9.17, 15) is 4.79 Å². The quantitative estimate of drug-likeness (QED) is 0.794. The zero-order valence-electron chi connectivity index (χ0n) is 14.2. The van der Waals surface area contributed by atoms with Crippen LogP contribution in [0, 0.1) is 6.92 Å². The Balaban J connectivity index is 1.48. The first kappa shape index (κ1) is 16.7. The van der Waals surface area contributed by atoms with Crippen LogP contribution in [-0.4, -0.2) is 64.9 Å². The molecule has 1 aliphatic heterocycles. The van der Waals surface area contributed by atoms with Gasteiger partial charge < -0.3 is 14.1 Å². The maximum atomic E-state index is 12.4. The first-order valence-corrected chi connectivity index (χ1v) is 8.19. The number of nitrogens with zero attached hydrogens (tertiary/aromatic N) is 4. The molecule has 0 unspecified atom stereocenters. The molecular weight excluding hydrogens is 308 g/mol. The lowest BCUT2D eigenvalue weighted by Crippen LogP contribution is -2.48. The molecule has 0 saturated carbocycles. The summed E-state index contributed by atoms with van der Waals surface area (Å²) in [6.07, 6.45) is 5.52. The Morgan fingerprint density at radius 1 is 1.50 bits per heavy atom. The fourth-order valence-electron chi connectivity index (χ4n) is 2.85. The van der Waals surface area contributed by atoms with Crippen molar-refractivity contribution in [2.45, 2.75) is 26.1 Å². The van der Waals surface area contributed by atoms with E-state index in [1.165, 1.54) is 0 Å². The highest BCUT2D eigenvalue weighted by molar-refractivity contribution is 5.77. The third-order valence-corrected chi connectivity index (χ3v) is 4.13. The number of rotatable bonds is 6. The average Bonchev–Trinajstić information content (AvgIpc) is 3.19. The lowest BCUT2D eigenvalue weighted by Gasteiger charge is -2.33. The minimum absolute atomic E-state index is 0.0567. The van der Waals surface area contributed by atoms with E-state index in [1.807, 2.05) is 36.1 Å². The van der Waals surface area contributed by atoms with Gasteiger partial charge in [-0.25, -0.2) is 0 Å². The van der Waals surface area contributed by atoms with Crippen LogP contribution in [0.5, 0.6) is 0 Å². The number of aromatic nitrogens is 2. The van der Waals surface area contributed by atoms with Crippen molar-refractivity contribution in [1.29, 1.82) is 0 Å². The predicted molar refractivity (Wildman–Crippen MR) is 88.3 cm³/mol. The van der Waals surface area contributed by atoms with E-state index in [1.54, 1.807) is 18.2 Å². The molecule has 1 saturated heterocycles. The molecule has 7 nitrogen and oxygen atoms in total. The molecule has 2 aromatic heterocycles. The van der Waals surface area contributed by atoms with Gasteiger partial charge in [0.1, 0.15) is 5.76 Å². The molecule has 130 valence electrons. The molecule has 2 aromatic rings. The number of aryl methyl sites for hydroxylation is 1. The minimum atomic E-state index is 0.0567. The van der Waals surface area contributed by atoms with Crippen LogP contribution in [0.4, 0.5) is 0 Å². The van der Waals surface area contributed by atoms with Gasteiger partial charge >= 0.3 is 0 Å². The van der Waals surface area contributed by atoms with E-state index >= 15 is 0 Å². The number of furan rings is 1. The second kappa shape index (κ2) is 7.63. The number of carbonyl (C=O) groups is 1. The number of carbonyl (C=O) groups excluding carboxylic acids is 1. The minimum Gasteiger partial charge on any atom is -0.467 e. The lowest BCUT2D eigenvalue weighted by molar-refractivity contribution is -0.134. The molecule has 7 heteroatoms. The molecular formula is C17H24N4O3. The number of morpholine rings is 1. The molecule has 24 heavy (non-hydrogen) atoms. The van der Waals surface area contributed by atoms with Crippen LogP contribution in [0.2, 0.25) is 0 Å². The van der Waals surface area contributed by atoms with Crippen molar-refractivity contribution in [3.8, 4) is 0 Å². The van der Waals surface area contributed by atoms with Gasteiger partial charge in [-0.3, -0.25) is 14.4 Å². The topological polar surface area (TPSA) is 63.7 Å². The summed E-state index contributed by atoms with van der Waals surface area (Å²) in [7, 11) is 1.80. The first-order valence-electron chi connectivity index (χ1n) is 8.19. The van der Waals surface area contributed by atoms with Crippen LogP contribution in [-0.2, 0) is 22.6 Å². The Bertz CT molecular complexity index is 653. The number of ether oxygens (including phenoxy) is 1. The highest BCUT2D eigenvalue weighted by atomic mass is 16.5. The summed E-state index contributed by atoms with van der Waals surface area (Å²) in [5, 5.41) is 4.30. The molecule has 0 bridgehead atoms. The maximum absolute atomic E-state index is 12.4. The van der Waals surface area contributed by atoms with E-state index in [0.29, 0.717) is 26.2 Å². The van der Waals surface area contributed by atoms with Gasteiger partial charge in [-0.1, -0.05) is 0 Å². The molecule has 0 aliphatic carbocycles. The predicted octanol–water partition coefficient (Wildman–Crippen LogP) is 1.14. The average molecular weight is 332 g/mol. The maximum Gasteiger partial charge on any atom is 0.236 e. The second-order valence-corrected chi connectivity index (χ2v) is 6.30. The fraction of sp³-hybridized carbons (Fsp3) is 0.529. The zero-order valence-corrected chi connectivity index (χ0v) is 14.2. The van der Waals surface area contributed by atoms with Crippen molar-refractivity contribution in [2.24, 2.45) is 0 Å². The Labute approximate surface area is 141 Å². The Morgan fingerprint density at radius 2 is 2.38 bits per heavy atom. The highest BCUT2D eigenvalue weighted by Gasteiger charge is 2.24. The SMILES string of the molecule is Cc1cnn(C[C@@H]2CN(CC(=O)N(C)Cc3ccco3)CCO2)c1. The summed E-state index contributed by atoms with van der Waals surface area (Å²) < 4.78 is 13.0. The zero-order chi connectivity index (χ0) is 16.9. The first-order chi connectivity index (χ1) is 11.6. The molecule has 0 aromatic carbocycles. The third-order valence-electron chi connectivity index (χ3n) is 4.13. The van der Waals surface area contributed by atoms with Gasteiger partial charge in [0.25, 0.3) is 0 Å². The monoisotopic (exact) mass is 332 g/mol.